The molecule has 0 amide bonds. The molecular weight excluding hydrogens is 484 g/mol. The van der Waals surface area contributed by atoms with Gasteiger partial charge in [-0.25, -0.2) is 0 Å². The summed E-state index contributed by atoms with van der Waals surface area (Å²) in [6.45, 7) is 7.69. The Morgan fingerprint density at radius 1 is 0.763 bits per heavy atom. The third-order valence-electron chi connectivity index (χ3n) is 7.94. The van der Waals surface area contributed by atoms with E-state index in [0.717, 1.165) is 19.3 Å². The molecule has 3 aromatic rings. The van der Waals surface area contributed by atoms with E-state index < -0.39 is 8.32 Å². The first-order valence-electron chi connectivity index (χ1n) is 13.9. The first-order chi connectivity index (χ1) is 18.3. The summed E-state index contributed by atoms with van der Waals surface area (Å²) in [5.74, 6) is -0.156. The predicted molar refractivity (Wildman–Crippen MR) is 160 cm³/mol. The summed E-state index contributed by atoms with van der Waals surface area (Å²) in [7, 11) is -1.12. The normalized spacial score (nSPS) is 14.4. The van der Waals surface area contributed by atoms with Crippen LogP contribution in [0.15, 0.2) is 96.1 Å². The number of esters is 1. The minimum Gasteiger partial charge on any atom is -0.469 e. The fourth-order valence-electron chi connectivity index (χ4n) is 5.92. The third-order valence-corrected chi connectivity index (χ3v) is 12.9. The summed E-state index contributed by atoms with van der Waals surface area (Å²) in [6.07, 6.45) is 6.70. The Hall–Kier alpha value is -2.95. The lowest BCUT2D eigenvalue weighted by Crippen LogP contribution is -2.66. The number of allylic oxidation sites excluding steroid dienone is 1. The van der Waals surface area contributed by atoms with Crippen molar-refractivity contribution < 1.29 is 14.0 Å². The highest BCUT2D eigenvalue weighted by atomic mass is 28.4. The number of carbonyl (C=O) groups is 1. The number of methoxy groups -OCH3 is 1. The number of aryl methyl sites for hydroxylation is 1. The van der Waals surface area contributed by atoms with E-state index in [2.05, 4.69) is 106 Å². The van der Waals surface area contributed by atoms with Crippen molar-refractivity contribution in [1.82, 2.24) is 0 Å². The Balaban J connectivity index is 1.67. The molecule has 38 heavy (non-hydrogen) atoms. The fraction of sp³-hybridized carbons (Fsp3) is 0.382. The highest BCUT2D eigenvalue weighted by Gasteiger charge is 2.50. The number of rotatable bonds is 10. The molecule has 0 radical (unpaired) electrons. The number of carbonyl (C=O) groups excluding carboxylic acids is 1. The molecule has 1 aliphatic carbocycles. The van der Waals surface area contributed by atoms with E-state index in [1.54, 1.807) is 0 Å². The van der Waals surface area contributed by atoms with Gasteiger partial charge in [-0.05, 0) is 70.6 Å². The van der Waals surface area contributed by atoms with Crippen LogP contribution in [0.1, 0.15) is 64.0 Å². The monoisotopic (exact) mass is 526 g/mol. The average Bonchev–Trinajstić information content (AvgIpc) is 2.94. The summed E-state index contributed by atoms with van der Waals surface area (Å²) < 4.78 is 12.2. The Bertz CT molecular complexity index is 1190. The third kappa shape index (κ3) is 6.36. The van der Waals surface area contributed by atoms with Gasteiger partial charge >= 0.3 is 5.97 Å². The van der Waals surface area contributed by atoms with Crippen LogP contribution in [0.3, 0.4) is 0 Å². The molecular formula is C34H42O3Si. The van der Waals surface area contributed by atoms with Crippen molar-refractivity contribution in [2.45, 2.75) is 70.8 Å². The van der Waals surface area contributed by atoms with Crippen molar-refractivity contribution in [2.75, 3.05) is 13.7 Å². The van der Waals surface area contributed by atoms with E-state index in [4.69, 9.17) is 9.16 Å². The first kappa shape index (κ1) is 28.1. The molecule has 4 heteroatoms. The molecule has 3 aromatic carbocycles. The quantitative estimate of drug-likeness (QED) is 0.166. The molecule has 0 atom stereocenters. The van der Waals surface area contributed by atoms with Crippen LogP contribution >= 0.6 is 0 Å². The van der Waals surface area contributed by atoms with Crippen molar-refractivity contribution >= 4 is 24.7 Å². The van der Waals surface area contributed by atoms with E-state index in [1.165, 1.54) is 52.6 Å². The fourth-order valence-corrected chi connectivity index (χ4v) is 10.5. The van der Waals surface area contributed by atoms with Crippen molar-refractivity contribution in [3.05, 3.63) is 107 Å². The summed E-state index contributed by atoms with van der Waals surface area (Å²) in [5, 5.41) is 2.61. The lowest BCUT2D eigenvalue weighted by molar-refractivity contribution is -0.140. The number of ether oxygens (including phenoxy) is 1. The molecule has 0 fully saturated rings. The van der Waals surface area contributed by atoms with E-state index in [9.17, 15) is 4.79 Å². The largest absolute Gasteiger partial charge is 0.469 e. The predicted octanol–water partition coefficient (Wildman–Crippen LogP) is 6.78. The van der Waals surface area contributed by atoms with Crippen molar-refractivity contribution in [3.63, 3.8) is 0 Å². The van der Waals surface area contributed by atoms with Crippen LogP contribution in [0.5, 0.6) is 0 Å². The van der Waals surface area contributed by atoms with Gasteiger partial charge in [-0.2, -0.15) is 0 Å². The molecule has 0 aromatic heterocycles. The van der Waals surface area contributed by atoms with Gasteiger partial charge in [-0.1, -0.05) is 111 Å². The van der Waals surface area contributed by atoms with Gasteiger partial charge < -0.3 is 9.16 Å². The van der Waals surface area contributed by atoms with Gasteiger partial charge in [0.1, 0.15) is 0 Å². The summed E-state index contributed by atoms with van der Waals surface area (Å²) in [6, 6.07) is 30.4. The van der Waals surface area contributed by atoms with Gasteiger partial charge in [0.25, 0.3) is 8.32 Å². The minimum absolute atomic E-state index is 0.0361. The number of hydrogen-bond acceptors (Lipinski definition) is 3. The standard InChI is InChI=1S/C34H42O3Si/c1-34(2,3)38(31-19-7-5-8-20-31,32-21-9-6-10-22-32)37-26-30-18-14-13-17-29(30)25-28-16-12-11-15-27(28)23-24-33(35)36-4/h5-12,15-16,19-22H,13-14,17-18,23-26H2,1-4H3. The van der Waals surface area contributed by atoms with E-state index in [-0.39, 0.29) is 11.0 Å². The maximum absolute atomic E-state index is 11.8. The zero-order valence-corrected chi connectivity index (χ0v) is 24.5. The molecule has 0 aliphatic heterocycles. The van der Waals surface area contributed by atoms with Crippen LogP contribution in [0, 0.1) is 0 Å². The zero-order valence-electron chi connectivity index (χ0n) is 23.5. The second kappa shape index (κ2) is 12.7. The lowest BCUT2D eigenvalue weighted by atomic mass is 9.86. The first-order valence-corrected chi connectivity index (χ1v) is 15.8. The van der Waals surface area contributed by atoms with Crippen LogP contribution < -0.4 is 10.4 Å². The molecule has 0 bridgehead atoms. The summed E-state index contributed by atoms with van der Waals surface area (Å²) in [4.78, 5) is 11.8. The Morgan fingerprint density at radius 3 is 1.84 bits per heavy atom. The molecule has 3 nitrogen and oxygen atoms in total. The second-order valence-corrected chi connectivity index (χ2v) is 15.7. The molecule has 0 saturated carbocycles. The molecule has 0 saturated heterocycles. The van der Waals surface area contributed by atoms with Crippen LogP contribution in [-0.4, -0.2) is 28.0 Å². The topological polar surface area (TPSA) is 35.5 Å². The van der Waals surface area contributed by atoms with Crippen LogP contribution in [-0.2, 0) is 26.8 Å². The highest BCUT2D eigenvalue weighted by Crippen LogP contribution is 2.38. The Kier molecular flexibility index (Phi) is 9.40. The van der Waals surface area contributed by atoms with Gasteiger partial charge in [0.15, 0.2) is 0 Å². The van der Waals surface area contributed by atoms with Crippen LogP contribution in [0.25, 0.3) is 0 Å². The average molecular weight is 527 g/mol. The maximum Gasteiger partial charge on any atom is 0.305 e. The van der Waals surface area contributed by atoms with Gasteiger partial charge in [0.05, 0.1) is 13.7 Å². The molecule has 0 N–H and O–H groups in total. The summed E-state index contributed by atoms with van der Waals surface area (Å²) in [5.41, 5.74) is 5.53. The van der Waals surface area contributed by atoms with Gasteiger partial charge in [-0.15, -0.1) is 0 Å². The van der Waals surface area contributed by atoms with Crippen molar-refractivity contribution in [3.8, 4) is 0 Å². The minimum atomic E-state index is -2.58. The van der Waals surface area contributed by atoms with E-state index >= 15 is 0 Å². The van der Waals surface area contributed by atoms with E-state index in [1.807, 2.05) is 0 Å². The SMILES string of the molecule is COC(=O)CCc1ccccc1CC1=C(CO[Si](c2ccccc2)(c2ccccc2)C(C)(C)C)CCCC1. The second-order valence-electron chi connectivity index (χ2n) is 11.4. The zero-order chi connectivity index (χ0) is 27.0. The molecule has 0 heterocycles. The lowest BCUT2D eigenvalue weighted by Gasteiger charge is -2.43. The molecule has 200 valence electrons. The summed E-state index contributed by atoms with van der Waals surface area (Å²) >= 11 is 0. The van der Waals surface area contributed by atoms with Crippen LogP contribution in [0.2, 0.25) is 5.04 Å². The van der Waals surface area contributed by atoms with Gasteiger partial charge in [-0.3, -0.25) is 4.79 Å². The molecule has 1 aliphatic rings. The Labute approximate surface area is 230 Å². The number of hydrogen-bond donors (Lipinski definition) is 0. The van der Waals surface area contributed by atoms with E-state index in [0.29, 0.717) is 19.4 Å². The van der Waals surface area contributed by atoms with Gasteiger partial charge in [0, 0.05) is 6.42 Å². The molecule has 4 rings (SSSR count). The number of benzene rings is 3. The highest BCUT2D eigenvalue weighted by molar-refractivity contribution is 6.99. The maximum atomic E-state index is 11.8. The van der Waals surface area contributed by atoms with Crippen molar-refractivity contribution in [1.29, 1.82) is 0 Å². The Morgan fingerprint density at radius 2 is 1.29 bits per heavy atom. The smallest absolute Gasteiger partial charge is 0.305 e. The molecule has 0 spiro atoms. The molecule has 0 unspecified atom stereocenters. The van der Waals surface area contributed by atoms with Crippen LogP contribution in [0.4, 0.5) is 0 Å². The van der Waals surface area contributed by atoms with Gasteiger partial charge in [0.2, 0.25) is 0 Å². The van der Waals surface area contributed by atoms with Crippen molar-refractivity contribution in [2.24, 2.45) is 0 Å².